The average molecular weight is 583 g/mol. The number of halogens is 2. The van der Waals surface area contributed by atoms with Gasteiger partial charge in [0.25, 0.3) is 0 Å². The summed E-state index contributed by atoms with van der Waals surface area (Å²) in [5.41, 5.74) is 3.02. The lowest BCUT2D eigenvalue weighted by Gasteiger charge is -2.63. The molecule has 7 rings (SSSR count). The van der Waals surface area contributed by atoms with Gasteiger partial charge in [-0.3, -0.25) is 10.5 Å². The number of rotatable bonds is 5. The zero-order valence-electron chi connectivity index (χ0n) is 23.8. The Hall–Kier alpha value is -3.18. The van der Waals surface area contributed by atoms with E-state index in [9.17, 15) is 19.1 Å². The number of hydrogen-bond acceptors (Lipinski definition) is 8. The number of aliphatic hydroxyl groups excluding tert-OH is 1. The van der Waals surface area contributed by atoms with Gasteiger partial charge in [0.1, 0.15) is 12.4 Å². The second kappa shape index (κ2) is 9.16. The van der Waals surface area contributed by atoms with Gasteiger partial charge in [-0.1, -0.05) is 19.4 Å². The Labute approximate surface area is 242 Å². The molecule has 2 aromatic rings. The highest BCUT2D eigenvalue weighted by Gasteiger charge is 2.76. The monoisotopic (exact) mass is 582 g/mol. The molecule has 0 bridgehead atoms. The van der Waals surface area contributed by atoms with Crippen LogP contribution < -0.4 is 5.73 Å². The number of hydrogen-bond donors (Lipinski definition) is 2. The van der Waals surface area contributed by atoms with Gasteiger partial charge < -0.3 is 14.6 Å². The fourth-order valence-electron chi connectivity index (χ4n) is 9.05. The van der Waals surface area contributed by atoms with Crippen LogP contribution in [-0.4, -0.2) is 55.9 Å². The average Bonchev–Trinajstić information content (AvgIpc) is 3.67. The third kappa shape index (κ3) is 3.52. The van der Waals surface area contributed by atoms with Crippen molar-refractivity contribution < 1.29 is 33.0 Å². The van der Waals surface area contributed by atoms with Crippen LogP contribution in [0.5, 0.6) is 0 Å². The van der Waals surface area contributed by atoms with Crippen LogP contribution in [0.2, 0.25) is 0 Å². The molecule has 4 fully saturated rings. The first-order chi connectivity index (χ1) is 20.0. The summed E-state index contributed by atoms with van der Waals surface area (Å²) in [6, 6.07) is 2.87. The van der Waals surface area contributed by atoms with Crippen molar-refractivity contribution in [2.24, 2.45) is 34.3 Å². The maximum absolute atomic E-state index is 18.0. The minimum Gasteiger partial charge on any atom is -0.447 e. The fraction of sp³-hybridized carbons (Fsp3) is 0.613. The van der Waals surface area contributed by atoms with Crippen LogP contribution in [-0.2, 0) is 25.5 Å². The Morgan fingerprint density at radius 2 is 1.95 bits per heavy atom. The summed E-state index contributed by atoms with van der Waals surface area (Å²) >= 11 is 0. The maximum atomic E-state index is 18.0. The normalized spacial score (nSPS) is 38.4. The van der Waals surface area contributed by atoms with E-state index in [0.29, 0.717) is 44.2 Å². The van der Waals surface area contributed by atoms with Crippen LogP contribution in [0.25, 0.3) is 11.8 Å². The summed E-state index contributed by atoms with van der Waals surface area (Å²) in [7, 11) is 0. The highest BCUT2D eigenvalue weighted by molar-refractivity contribution is 5.86. The number of nitrogens with two attached hydrogens (primary N) is 1. The summed E-state index contributed by atoms with van der Waals surface area (Å²) in [6.45, 7) is 3.37. The molecule has 42 heavy (non-hydrogen) atoms. The van der Waals surface area contributed by atoms with Gasteiger partial charge in [0.05, 0.1) is 35.8 Å². The SMILES string of the molecule is C[C@]12Cc3cnn(-c4ccc(F)nc4)c3C=C1CC[C@H]1[C@@H]3CC[C@](OC(=O)C4CC4)(C(=O)OCN)[C@@]3(C)C[C@H](O)[C@@]12F. The molecule has 7 atom stereocenters. The van der Waals surface area contributed by atoms with E-state index in [1.54, 1.807) is 16.9 Å². The first kappa shape index (κ1) is 27.6. The highest BCUT2D eigenvalue weighted by atomic mass is 19.1. The Kier molecular flexibility index (Phi) is 6.03. The molecule has 224 valence electrons. The van der Waals surface area contributed by atoms with E-state index in [0.717, 1.165) is 16.8 Å². The van der Waals surface area contributed by atoms with Crippen LogP contribution in [0.15, 0.2) is 30.1 Å². The van der Waals surface area contributed by atoms with Gasteiger partial charge in [-0.2, -0.15) is 9.49 Å². The number of ether oxygens (including phenoxy) is 2. The Balaban J connectivity index is 1.26. The van der Waals surface area contributed by atoms with E-state index in [1.165, 1.54) is 12.3 Å². The maximum Gasteiger partial charge on any atom is 0.352 e. The smallest absolute Gasteiger partial charge is 0.352 e. The van der Waals surface area contributed by atoms with Crippen LogP contribution >= 0.6 is 0 Å². The number of esters is 2. The van der Waals surface area contributed by atoms with Gasteiger partial charge in [-0.25, -0.2) is 18.9 Å². The summed E-state index contributed by atoms with van der Waals surface area (Å²) < 4.78 is 44.5. The molecule has 0 aromatic carbocycles. The molecule has 2 aromatic heterocycles. The predicted octanol–water partition coefficient (Wildman–Crippen LogP) is 3.80. The molecule has 9 nitrogen and oxygen atoms in total. The summed E-state index contributed by atoms with van der Waals surface area (Å²) in [5, 5.41) is 16.4. The zero-order valence-corrected chi connectivity index (χ0v) is 23.8. The van der Waals surface area contributed by atoms with E-state index in [2.05, 4.69) is 10.1 Å². The first-order valence-electron chi connectivity index (χ1n) is 14.9. The molecule has 0 spiro atoms. The Morgan fingerprint density at radius 3 is 2.64 bits per heavy atom. The van der Waals surface area contributed by atoms with E-state index in [-0.39, 0.29) is 31.4 Å². The van der Waals surface area contributed by atoms with Gasteiger partial charge in [-0.15, -0.1) is 0 Å². The van der Waals surface area contributed by atoms with Crippen molar-refractivity contribution in [2.45, 2.75) is 82.6 Å². The number of nitrogens with zero attached hydrogens (tertiary/aromatic N) is 3. The van der Waals surface area contributed by atoms with E-state index < -0.39 is 52.0 Å². The van der Waals surface area contributed by atoms with Crippen molar-refractivity contribution in [3.8, 4) is 5.69 Å². The second-order valence-corrected chi connectivity index (χ2v) is 13.3. The molecule has 0 unspecified atom stereocenters. The molecule has 4 saturated carbocycles. The van der Waals surface area contributed by atoms with Gasteiger partial charge in [0, 0.05) is 16.7 Å². The number of pyridine rings is 1. The van der Waals surface area contributed by atoms with Crippen LogP contribution in [0.3, 0.4) is 0 Å². The van der Waals surface area contributed by atoms with E-state index in [1.807, 2.05) is 19.9 Å². The number of aliphatic hydroxyl groups is 1. The van der Waals surface area contributed by atoms with Crippen molar-refractivity contribution in [2.75, 3.05) is 6.73 Å². The second-order valence-electron chi connectivity index (χ2n) is 13.3. The molecule has 3 N–H and O–H groups in total. The molecule has 5 aliphatic rings. The molecule has 5 aliphatic carbocycles. The van der Waals surface area contributed by atoms with Gasteiger partial charge >= 0.3 is 11.9 Å². The highest BCUT2D eigenvalue weighted by Crippen LogP contribution is 2.71. The van der Waals surface area contributed by atoms with Crippen molar-refractivity contribution in [3.05, 3.63) is 47.3 Å². The summed E-state index contributed by atoms with van der Waals surface area (Å²) in [6.07, 6.45) is 7.08. The van der Waals surface area contributed by atoms with Crippen molar-refractivity contribution in [3.63, 3.8) is 0 Å². The third-order valence-corrected chi connectivity index (χ3v) is 11.4. The number of alkyl halides is 1. The quantitative estimate of drug-likeness (QED) is 0.310. The topological polar surface area (TPSA) is 130 Å². The largest absolute Gasteiger partial charge is 0.447 e. The molecular weight excluding hydrogens is 546 g/mol. The number of carbonyl (C=O) groups is 2. The number of aromatic nitrogens is 3. The first-order valence-corrected chi connectivity index (χ1v) is 14.9. The number of fused-ring (bicyclic) bond motifs is 6. The van der Waals surface area contributed by atoms with Crippen molar-refractivity contribution >= 4 is 18.0 Å². The van der Waals surface area contributed by atoms with Crippen LogP contribution in [0.1, 0.15) is 70.1 Å². The minimum absolute atomic E-state index is 0.0570. The third-order valence-electron chi connectivity index (χ3n) is 11.4. The molecule has 11 heteroatoms. The van der Waals surface area contributed by atoms with Crippen LogP contribution in [0, 0.1) is 34.5 Å². The molecule has 0 amide bonds. The van der Waals surface area contributed by atoms with Gasteiger partial charge in [0.15, 0.2) is 0 Å². The lowest BCUT2D eigenvalue weighted by atomic mass is 9.44. The lowest BCUT2D eigenvalue weighted by molar-refractivity contribution is -0.238. The fourth-order valence-corrected chi connectivity index (χ4v) is 9.05. The Bertz CT molecular complexity index is 1490. The lowest BCUT2D eigenvalue weighted by Crippen LogP contribution is -2.70. The predicted molar refractivity (Wildman–Crippen MR) is 146 cm³/mol. The summed E-state index contributed by atoms with van der Waals surface area (Å²) in [5.74, 6) is -2.87. The van der Waals surface area contributed by atoms with E-state index in [4.69, 9.17) is 15.2 Å². The molecular formula is C31H36F2N4O5. The number of allylic oxidation sites excluding steroid dienone is 1. The summed E-state index contributed by atoms with van der Waals surface area (Å²) in [4.78, 5) is 30.2. The van der Waals surface area contributed by atoms with Crippen molar-refractivity contribution in [1.82, 2.24) is 14.8 Å². The standard InChI is InChI=1S/C31H36F2N4O5/c1-28-12-18-14-36-37(20-6-8-25(32)35-15-20)23(18)11-19(28)5-7-22-21-9-10-30(27(40)41-16-34,42-26(39)17-3-4-17)29(21,2)13-24(38)31(22,28)33/h6,8,11,14-15,17,21-22,24,38H,3-5,7,9-10,12-13,16,34H2,1-2H3/t21-,22-,24-,28-,29-,30-,31-/m0/s1. The van der Waals surface area contributed by atoms with Crippen LogP contribution in [0.4, 0.5) is 8.78 Å². The number of carbonyl (C=O) groups excluding carboxylic acids is 2. The van der Waals surface area contributed by atoms with Crippen molar-refractivity contribution in [1.29, 1.82) is 0 Å². The molecule has 2 heterocycles. The zero-order chi connectivity index (χ0) is 29.7. The molecule has 0 radical (unpaired) electrons. The van der Waals surface area contributed by atoms with Gasteiger partial charge in [-0.05, 0) is 81.1 Å². The molecule has 0 saturated heterocycles. The van der Waals surface area contributed by atoms with Gasteiger partial charge in [0.2, 0.25) is 11.5 Å². The minimum atomic E-state index is -1.99. The molecule has 0 aliphatic heterocycles. The Morgan fingerprint density at radius 1 is 1.17 bits per heavy atom. The van der Waals surface area contributed by atoms with E-state index >= 15 is 4.39 Å².